The van der Waals surface area contributed by atoms with Crippen molar-refractivity contribution in [3.63, 3.8) is 0 Å². The van der Waals surface area contributed by atoms with Gasteiger partial charge >= 0.3 is 0 Å². The molecule has 5 heteroatoms. The van der Waals surface area contributed by atoms with Crippen molar-refractivity contribution in [1.82, 2.24) is 15.1 Å². The first-order valence-corrected chi connectivity index (χ1v) is 7.83. The Hall–Kier alpha value is -0.810. The molecule has 118 valence electrons. The largest absolute Gasteiger partial charge is 0.370 e. The number of rotatable bonds is 5. The third kappa shape index (κ3) is 7.10. The lowest BCUT2D eigenvalue weighted by Crippen LogP contribution is -2.47. The molecule has 0 aromatic carbocycles. The van der Waals surface area contributed by atoms with Crippen LogP contribution in [0.3, 0.4) is 0 Å². The van der Waals surface area contributed by atoms with Gasteiger partial charge in [-0.05, 0) is 33.2 Å². The Bertz CT molecular complexity index is 300. The summed E-state index contributed by atoms with van der Waals surface area (Å²) in [4.78, 5) is 9.50. The Labute approximate surface area is 124 Å². The second-order valence-electron chi connectivity index (χ2n) is 6.94. The van der Waals surface area contributed by atoms with E-state index >= 15 is 0 Å². The summed E-state index contributed by atoms with van der Waals surface area (Å²) in [6, 6.07) is 0. The van der Waals surface area contributed by atoms with Crippen LogP contribution in [0.1, 0.15) is 34.6 Å². The van der Waals surface area contributed by atoms with E-state index in [0.29, 0.717) is 11.9 Å². The van der Waals surface area contributed by atoms with Gasteiger partial charge in [0.15, 0.2) is 5.96 Å². The van der Waals surface area contributed by atoms with Crippen molar-refractivity contribution in [3.8, 4) is 0 Å². The van der Waals surface area contributed by atoms with Crippen molar-refractivity contribution in [2.24, 2.45) is 16.6 Å². The predicted molar refractivity (Wildman–Crippen MR) is 87.1 cm³/mol. The zero-order chi connectivity index (χ0) is 15.2. The Morgan fingerprint density at radius 3 is 2.25 bits per heavy atom. The highest BCUT2D eigenvalue weighted by Crippen LogP contribution is 2.06. The number of hydrogen-bond acceptors (Lipinski definition) is 3. The molecule has 0 saturated carbocycles. The lowest BCUT2D eigenvalue weighted by Gasteiger charge is -2.35. The van der Waals surface area contributed by atoms with Crippen LogP contribution < -0.4 is 11.1 Å². The number of nitrogens with two attached hydrogens (primary N) is 1. The standard InChI is InChI=1S/C15H33N5/c1-6-19-7-9-20(10-8-19)12-13(2)11-17-14(16)18-15(3,4)5/h13H,6-12H2,1-5H3,(H3,16,17,18). The Morgan fingerprint density at radius 1 is 1.20 bits per heavy atom. The molecule has 1 rings (SSSR count). The summed E-state index contributed by atoms with van der Waals surface area (Å²) < 4.78 is 0. The van der Waals surface area contributed by atoms with Crippen molar-refractivity contribution in [2.45, 2.75) is 40.2 Å². The van der Waals surface area contributed by atoms with Crippen LogP contribution in [0.5, 0.6) is 0 Å². The summed E-state index contributed by atoms with van der Waals surface area (Å²) in [5, 5.41) is 3.20. The van der Waals surface area contributed by atoms with Crippen LogP contribution in [0.2, 0.25) is 0 Å². The van der Waals surface area contributed by atoms with Gasteiger partial charge in [-0.25, -0.2) is 0 Å². The SMILES string of the molecule is CCN1CCN(CC(C)CN=C(N)NC(C)(C)C)CC1. The Kier molecular flexibility index (Phi) is 6.76. The summed E-state index contributed by atoms with van der Waals surface area (Å²) in [6.45, 7) is 18.6. The molecular formula is C15H33N5. The molecule has 0 bridgehead atoms. The molecule has 3 N–H and O–H groups in total. The molecular weight excluding hydrogens is 250 g/mol. The van der Waals surface area contributed by atoms with Gasteiger partial charge < -0.3 is 20.9 Å². The average molecular weight is 283 g/mol. The Morgan fingerprint density at radius 2 is 1.75 bits per heavy atom. The number of hydrogen-bond donors (Lipinski definition) is 2. The fourth-order valence-corrected chi connectivity index (χ4v) is 2.46. The monoisotopic (exact) mass is 283 g/mol. The van der Waals surface area contributed by atoms with E-state index in [1.165, 1.54) is 32.7 Å². The van der Waals surface area contributed by atoms with Gasteiger partial charge in [0.1, 0.15) is 0 Å². The van der Waals surface area contributed by atoms with E-state index < -0.39 is 0 Å². The van der Waals surface area contributed by atoms with Crippen LogP contribution >= 0.6 is 0 Å². The van der Waals surface area contributed by atoms with Crippen LogP contribution in [-0.2, 0) is 0 Å². The maximum Gasteiger partial charge on any atom is 0.188 e. The van der Waals surface area contributed by atoms with Crippen molar-refractivity contribution in [2.75, 3.05) is 45.8 Å². The van der Waals surface area contributed by atoms with Crippen molar-refractivity contribution < 1.29 is 0 Å². The topological polar surface area (TPSA) is 56.9 Å². The highest BCUT2D eigenvalue weighted by atomic mass is 15.3. The summed E-state index contributed by atoms with van der Waals surface area (Å²) in [6.07, 6.45) is 0. The zero-order valence-electron chi connectivity index (χ0n) is 13.9. The lowest BCUT2D eigenvalue weighted by molar-refractivity contribution is 0.125. The first-order valence-electron chi connectivity index (χ1n) is 7.83. The van der Waals surface area contributed by atoms with Gasteiger partial charge in [-0.3, -0.25) is 4.99 Å². The molecule has 1 saturated heterocycles. The van der Waals surface area contributed by atoms with E-state index in [9.17, 15) is 0 Å². The van der Waals surface area contributed by atoms with E-state index in [-0.39, 0.29) is 5.54 Å². The van der Waals surface area contributed by atoms with Crippen LogP contribution in [0.4, 0.5) is 0 Å². The number of aliphatic imine (C=N–C) groups is 1. The lowest BCUT2D eigenvalue weighted by atomic mass is 10.1. The third-order valence-electron chi connectivity index (χ3n) is 3.56. The molecule has 1 aliphatic heterocycles. The van der Waals surface area contributed by atoms with Crippen LogP contribution in [-0.4, -0.2) is 67.1 Å². The van der Waals surface area contributed by atoms with Crippen molar-refractivity contribution in [1.29, 1.82) is 0 Å². The van der Waals surface area contributed by atoms with Gasteiger partial charge in [0.2, 0.25) is 0 Å². The molecule has 1 atom stereocenters. The normalized spacial score (nSPS) is 20.9. The average Bonchev–Trinajstić information content (AvgIpc) is 2.35. The minimum absolute atomic E-state index is 0.0205. The van der Waals surface area contributed by atoms with Crippen LogP contribution in [0.25, 0.3) is 0 Å². The summed E-state index contributed by atoms with van der Waals surface area (Å²) in [7, 11) is 0. The first-order chi connectivity index (χ1) is 9.30. The molecule has 1 unspecified atom stereocenters. The molecule has 20 heavy (non-hydrogen) atoms. The third-order valence-corrected chi connectivity index (χ3v) is 3.56. The van der Waals surface area contributed by atoms with E-state index in [4.69, 9.17) is 5.73 Å². The van der Waals surface area contributed by atoms with Crippen LogP contribution in [0.15, 0.2) is 4.99 Å². The van der Waals surface area contributed by atoms with Gasteiger partial charge in [0.25, 0.3) is 0 Å². The van der Waals surface area contributed by atoms with E-state index in [0.717, 1.165) is 13.1 Å². The van der Waals surface area contributed by atoms with Gasteiger partial charge in [-0.1, -0.05) is 13.8 Å². The second-order valence-corrected chi connectivity index (χ2v) is 6.94. The second kappa shape index (κ2) is 7.84. The fraction of sp³-hybridized carbons (Fsp3) is 0.933. The van der Waals surface area contributed by atoms with E-state index in [1.807, 2.05) is 0 Å². The highest BCUT2D eigenvalue weighted by Gasteiger charge is 2.17. The molecule has 0 aliphatic carbocycles. The molecule has 1 aliphatic rings. The fourth-order valence-electron chi connectivity index (χ4n) is 2.46. The minimum Gasteiger partial charge on any atom is -0.370 e. The molecule has 1 fully saturated rings. The predicted octanol–water partition coefficient (Wildman–Crippen LogP) is 0.963. The smallest absolute Gasteiger partial charge is 0.188 e. The molecule has 5 nitrogen and oxygen atoms in total. The number of likely N-dealkylation sites (N-methyl/N-ethyl adjacent to an activating group) is 1. The van der Waals surface area contributed by atoms with Crippen LogP contribution in [0, 0.1) is 5.92 Å². The van der Waals surface area contributed by atoms with Gasteiger partial charge in [0.05, 0.1) is 0 Å². The maximum absolute atomic E-state index is 5.90. The molecule has 0 aromatic heterocycles. The van der Waals surface area contributed by atoms with Crippen molar-refractivity contribution in [3.05, 3.63) is 0 Å². The quantitative estimate of drug-likeness (QED) is 0.583. The highest BCUT2D eigenvalue weighted by molar-refractivity contribution is 5.78. The molecule has 0 spiro atoms. The number of piperazine rings is 1. The molecule has 0 amide bonds. The molecule has 0 radical (unpaired) electrons. The van der Waals surface area contributed by atoms with Gasteiger partial charge in [-0.2, -0.15) is 0 Å². The Balaban J connectivity index is 2.26. The number of nitrogens with one attached hydrogen (secondary N) is 1. The van der Waals surface area contributed by atoms with E-state index in [1.54, 1.807) is 0 Å². The summed E-state index contributed by atoms with van der Waals surface area (Å²) in [5.74, 6) is 1.10. The summed E-state index contributed by atoms with van der Waals surface area (Å²) >= 11 is 0. The maximum atomic E-state index is 5.90. The molecule has 1 heterocycles. The van der Waals surface area contributed by atoms with E-state index in [2.05, 4.69) is 54.7 Å². The first kappa shape index (κ1) is 17.2. The number of nitrogens with zero attached hydrogens (tertiary/aromatic N) is 3. The van der Waals surface area contributed by atoms with Gasteiger partial charge in [0, 0.05) is 44.8 Å². The minimum atomic E-state index is -0.0205. The van der Waals surface area contributed by atoms with Crippen molar-refractivity contribution >= 4 is 5.96 Å². The summed E-state index contributed by atoms with van der Waals surface area (Å²) in [5.41, 5.74) is 5.88. The molecule has 0 aromatic rings. The zero-order valence-corrected chi connectivity index (χ0v) is 13.9. The van der Waals surface area contributed by atoms with Gasteiger partial charge in [-0.15, -0.1) is 0 Å². The number of guanidine groups is 1.